The van der Waals surface area contributed by atoms with Crippen molar-refractivity contribution in [2.75, 3.05) is 25.0 Å². The Kier molecular flexibility index (Phi) is 7.06. The average Bonchev–Trinajstić information content (AvgIpc) is 1.89. The van der Waals surface area contributed by atoms with Gasteiger partial charge >= 0.3 is 0 Å². The summed E-state index contributed by atoms with van der Waals surface area (Å²) in [4.78, 5) is 0. The molecule has 0 aromatic rings. The zero-order chi connectivity index (χ0) is 7.11. The fraction of sp³-hybridized carbons (Fsp3) is 1.00. The van der Waals surface area contributed by atoms with Crippen molar-refractivity contribution in [1.29, 1.82) is 0 Å². The van der Waals surface area contributed by atoms with E-state index in [1.165, 1.54) is 0 Å². The first-order chi connectivity index (χ1) is 4.31. The highest BCUT2D eigenvalue weighted by molar-refractivity contribution is 6.18. The Hall–Kier alpha value is 0.540. The van der Waals surface area contributed by atoms with E-state index in [-0.39, 0.29) is 0 Å². The predicted molar refractivity (Wildman–Crippen MR) is 41.4 cm³/mol. The fourth-order valence-electron chi connectivity index (χ4n) is 0.384. The second-order valence-corrected chi connectivity index (χ2v) is 2.71. The van der Waals surface area contributed by atoms with Gasteiger partial charge in [0.25, 0.3) is 0 Å². The summed E-state index contributed by atoms with van der Waals surface area (Å²) in [5, 5.41) is 0. The van der Waals surface area contributed by atoms with Crippen LogP contribution in [0.2, 0.25) is 0 Å². The molecule has 0 spiro atoms. The molecule has 0 rings (SSSR count). The summed E-state index contributed by atoms with van der Waals surface area (Å²) in [6.45, 7) is 3.39. The number of rotatable bonds is 5. The zero-order valence-corrected chi connectivity index (χ0v) is 7.08. The molecular formula is C6H12Cl2O. The van der Waals surface area contributed by atoms with Gasteiger partial charge in [-0.3, -0.25) is 0 Å². The molecule has 1 atom stereocenters. The molecule has 0 aliphatic carbocycles. The van der Waals surface area contributed by atoms with E-state index in [0.29, 0.717) is 24.3 Å². The third-order valence-corrected chi connectivity index (χ3v) is 1.57. The van der Waals surface area contributed by atoms with E-state index in [4.69, 9.17) is 27.9 Å². The maximum absolute atomic E-state index is 5.52. The molecular weight excluding hydrogens is 159 g/mol. The van der Waals surface area contributed by atoms with Gasteiger partial charge in [-0.05, 0) is 5.92 Å². The van der Waals surface area contributed by atoms with Gasteiger partial charge in [0.05, 0.1) is 13.2 Å². The first-order valence-electron chi connectivity index (χ1n) is 3.01. The lowest BCUT2D eigenvalue weighted by atomic mass is 10.2. The van der Waals surface area contributed by atoms with Gasteiger partial charge in [-0.1, -0.05) is 6.92 Å². The Bertz CT molecular complexity index is 59.0. The van der Waals surface area contributed by atoms with Gasteiger partial charge in [0.2, 0.25) is 0 Å². The third-order valence-electron chi connectivity index (χ3n) is 0.887. The number of hydrogen-bond acceptors (Lipinski definition) is 1. The van der Waals surface area contributed by atoms with Gasteiger partial charge in [0.15, 0.2) is 0 Å². The van der Waals surface area contributed by atoms with Crippen LogP contribution in [0.3, 0.4) is 0 Å². The second kappa shape index (κ2) is 6.66. The Morgan fingerprint density at radius 3 is 2.56 bits per heavy atom. The minimum absolute atomic E-state index is 0.440. The minimum Gasteiger partial charge on any atom is -0.380 e. The fourth-order valence-corrected chi connectivity index (χ4v) is 0.582. The molecule has 3 heteroatoms. The molecule has 9 heavy (non-hydrogen) atoms. The van der Waals surface area contributed by atoms with E-state index < -0.39 is 0 Å². The van der Waals surface area contributed by atoms with Crippen molar-refractivity contribution >= 4 is 23.2 Å². The predicted octanol–water partition coefficient (Wildman–Crippen LogP) is 2.12. The third kappa shape index (κ3) is 6.42. The first kappa shape index (κ1) is 9.54. The van der Waals surface area contributed by atoms with Crippen LogP contribution in [-0.4, -0.2) is 25.0 Å². The monoisotopic (exact) mass is 170 g/mol. The standard InChI is InChI=1S/C6H12Cl2O/c1-6(4-8)5-9-3-2-7/h6H,2-5H2,1H3. The Balaban J connectivity index is 2.88. The molecule has 1 nitrogen and oxygen atoms in total. The van der Waals surface area contributed by atoms with Crippen LogP contribution in [-0.2, 0) is 4.74 Å². The molecule has 0 heterocycles. The summed E-state index contributed by atoms with van der Waals surface area (Å²) in [5.41, 5.74) is 0. The van der Waals surface area contributed by atoms with Crippen molar-refractivity contribution in [1.82, 2.24) is 0 Å². The number of hydrogen-bond donors (Lipinski definition) is 0. The number of halogens is 2. The largest absolute Gasteiger partial charge is 0.380 e. The molecule has 0 bridgehead atoms. The smallest absolute Gasteiger partial charge is 0.0601 e. The van der Waals surface area contributed by atoms with Crippen molar-refractivity contribution in [3.05, 3.63) is 0 Å². The van der Waals surface area contributed by atoms with Gasteiger partial charge in [-0.2, -0.15) is 0 Å². The van der Waals surface area contributed by atoms with Crippen LogP contribution in [0.1, 0.15) is 6.92 Å². The second-order valence-electron chi connectivity index (χ2n) is 2.02. The number of ether oxygens (including phenoxy) is 1. The summed E-state index contributed by atoms with van der Waals surface area (Å²) in [6.07, 6.45) is 0. The van der Waals surface area contributed by atoms with Crippen LogP contribution in [0.15, 0.2) is 0 Å². The highest BCUT2D eigenvalue weighted by atomic mass is 35.5. The van der Waals surface area contributed by atoms with E-state index in [0.717, 1.165) is 6.61 Å². The molecule has 0 aromatic heterocycles. The molecule has 0 saturated carbocycles. The van der Waals surface area contributed by atoms with Gasteiger partial charge in [0, 0.05) is 11.8 Å². The van der Waals surface area contributed by atoms with Crippen molar-refractivity contribution in [2.45, 2.75) is 6.92 Å². The highest BCUT2D eigenvalue weighted by Crippen LogP contribution is 1.97. The summed E-state index contributed by atoms with van der Waals surface area (Å²) in [7, 11) is 0. The first-order valence-corrected chi connectivity index (χ1v) is 4.07. The molecule has 0 aliphatic rings. The van der Waals surface area contributed by atoms with Crippen LogP contribution < -0.4 is 0 Å². The van der Waals surface area contributed by atoms with Crippen molar-refractivity contribution in [3.8, 4) is 0 Å². The van der Waals surface area contributed by atoms with Crippen molar-refractivity contribution in [2.24, 2.45) is 5.92 Å². The lowest BCUT2D eigenvalue weighted by Gasteiger charge is -2.05. The van der Waals surface area contributed by atoms with Crippen LogP contribution in [0.5, 0.6) is 0 Å². The maximum atomic E-state index is 5.52. The normalized spacial score (nSPS) is 13.7. The van der Waals surface area contributed by atoms with Crippen LogP contribution >= 0.6 is 23.2 Å². The van der Waals surface area contributed by atoms with E-state index >= 15 is 0 Å². The van der Waals surface area contributed by atoms with Gasteiger partial charge in [0.1, 0.15) is 0 Å². The Labute approximate surface area is 66.3 Å². The highest BCUT2D eigenvalue weighted by Gasteiger charge is 1.97. The molecule has 56 valence electrons. The molecule has 0 aromatic carbocycles. The summed E-state index contributed by atoms with van der Waals surface area (Å²) in [6, 6.07) is 0. The van der Waals surface area contributed by atoms with Gasteiger partial charge < -0.3 is 4.74 Å². The molecule has 0 fully saturated rings. The van der Waals surface area contributed by atoms with E-state index in [9.17, 15) is 0 Å². The minimum atomic E-state index is 0.440. The summed E-state index contributed by atoms with van der Waals surface area (Å²) < 4.78 is 5.12. The molecule has 1 unspecified atom stereocenters. The molecule has 0 N–H and O–H groups in total. The molecule has 0 aliphatic heterocycles. The molecule has 0 amide bonds. The van der Waals surface area contributed by atoms with Crippen LogP contribution in [0.4, 0.5) is 0 Å². The lowest BCUT2D eigenvalue weighted by Crippen LogP contribution is -2.08. The quantitative estimate of drug-likeness (QED) is 0.454. The van der Waals surface area contributed by atoms with Crippen molar-refractivity contribution in [3.63, 3.8) is 0 Å². The Morgan fingerprint density at radius 2 is 2.11 bits per heavy atom. The Morgan fingerprint density at radius 1 is 1.44 bits per heavy atom. The summed E-state index contributed by atoms with van der Waals surface area (Å²) >= 11 is 10.9. The van der Waals surface area contributed by atoms with E-state index in [1.54, 1.807) is 0 Å². The van der Waals surface area contributed by atoms with Crippen LogP contribution in [0.25, 0.3) is 0 Å². The maximum Gasteiger partial charge on any atom is 0.0601 e. The molecule has 0 radical (unpaired) electrons. The van der Waals surface area contributed by atoms with Gasteiger partial charge in [-0.25, -0.2) is 0 Å². The van der Waals surface area contributed by atoms with Crippen LogP contribution in [0, 0.1) is 5.92 Å². The SMILES string of the molecule is CC(CCl)COCCCl. The lowest BCUT2D eigenvalue weighted by molar-refractivity contribution is 0.124. The van der Waals surface area contributed by atoms with E-state index in [2.05, 4.69) is 0 Å². The van der Waals surface area contributed by atoms with Gasteiger partial charge in [-0.15, -0.1) is 23.2 Å². The average molecular weight is 171 g/mol. The number of alkyl halides is 2. The molecule has 0 saturated heterocycles. The van der Waals surface area contributed by atoms with E-state index in [1.807, 2.05) is 6.92 Å². The van der Waals surface area contributed by atoms with Crippen molar-refractivity contribution < 1.29 is 4.74 Å². The summed E-state index contributed by atoms with van der Waals surface area (Å²) in [5.74, 6) is 1.66. The topological polar surface area (TPSA) is 9.23 Å². The zero-order valence-electron chi connectivity index (χ0n) is 5.57.